The standard InChI is InChI=1S/C12H24N4O3S.C4H8OS/c1-13-4-2-6-15-11(18)8-20-9-12(19)16-7-3-5-14-10-17;1-2-6-4-3-5/h10,13H,2-9H2,1H3,(H,14,17)(H,15,18)(H,16,19);3H,2,4H2,1H3. The normalized spacial score (nSPS) is 9.46. The van der Waals surface area contributed by atoms with E-state index in [1.807, 2.05) is 14.0 Å². The van der Waals surface area contributed by atoms with E-state index in [1.54, 1.807) is 11.8 Å². The molecule has 0 aromatic rings. The molecule has 0 aliphatic heterocycles. The largest absolute Gasteiger partial charge is 0.359 e. The van der Waals surface area contributed by atoms with Crippen LogP contribution in [0, 0.1) is 0 Å². The van der Waals surface area contributed by atoms with E-state index in [1.165, 1.54) is 11.8 Å². The topological polar surface area (TPSA) is 116 Å². The van der Waals surface area contributed by atoms with Gasteiger partial charge in [0.05, 0.1) is 11.5 Å². The Balaban J connectivity index is 0. The maximum atomic E-state index is 11.4. The van der Waals surface area contributed by atoms with E-state index in [9.17, 15) is 19.2 Å². The molecule has 0 saturated heterocycles. The lowest BCUT2D eigenvalue weighted by Gasteiger charge is -2.06. The summed E-state index contributed by atoms with van der Waals surface area (Å²) in [6.45, 7) is 4.63. The average molecular weight is 409 g/mol. The lowest BCUT2D eigenvalue weighted by molar-refractivity contribution is -0.118. The van der Waals surface area contributed by atoms with Crippen molar-refractivity contribution in [2.75, 3.05) is 56.2 Å². The SMILES string of the molecule is CCSCC=O.CNCCCNC(=O)CSCC(=O)NCCCNC=O. The molecule has 0 heterocycles. The van der Waals surface area contributed by atoms with E-state index in [4.69, 9.17) is 0 Å². The molecule has 0 bridgehead atoms. The molecule has 8 nitrogen and oxygen atoms in total. The van der Waals surface area contributed by atoms with Gasteiger partial charge in [0.15, 0.2) is 0 Å². The quantitative estimate of drug-likeness (QED) is 0.203. The molecule has 152 valence electrons. The number of hydrogen-bond acceptors (Lipinski definition) is 7. The van der Waals surface area contributed by atoms with E-state index < -0.39 is 0 Å². The molecular formula is C16H32N4O4S2. The zero-order valence-corrected chi connectivity index (χ0v) is 17.3. The van der Waals surface area contributed by atoms with E-state index in [2.05, 4.69) is 21.3 Å². The minimum Gasteiger partial charge on any atom is -0.359 e. The molecule has 0 radical (unpaired) electrons. The van der Waals surface area contributed by atoms with Crippen molar-refractivity contribution in [2.24, 2.45) is 0 Å². The molecule has 0 unspecified atom stereocenters. The fourth-order valence-corrected chi connectivity index (χ4v) is 2.48. The van der Waals surface area contributed by atoms with Crippen LogP contribution < -0.4 is 21.3 Å². The molecule has 0 rings (SSSR count). The summed E-state index contributed by atoms with van der Waals surface area (Å²) in [5.74, 6) is 2.11. The van der Waals surface area contributed by atoms with E-state index in [-0.39, 0.29) is 17.6 Å². The van der Waals surface area contributed by atoms with Crippen molar-refractivity contribution in [1.29, 1.82) is 0 Å². The summed E-state index contributed by atoms with van der Waals surface area (Å²) in [6.07, 6.45) is 3.14. The predicted molar refractivity (Wildman–Crippen MR) is 110 cm³/mol. The van der Waals surface area contributed by atoms with Crippen LogP contribution in [0.4, 0.5) is 0 Å². The first-order valence-corrected chi connectivity index (χ1v) is 10.9. The van der Waals surface area contributed by atoms with Gasteiger partial charge < -0.3 is 26.1 Å². The maximum absolute atomic E-state index is 11.4. The van der Waals surface area contributed by atoms with Gasteiger partial charge in [-0.1, -0.05) is 6.92 Å². The Hall–Kier alpha value is -1.26. The summed E-state index contributed by atoms with van der Waals surface area (Å²) in [5, 5.41) is 11.0. The lowest BCUT2D eigenvalue weighted by Crippen LogP contribution is -2.30. The Morgan fingerprint density at radius 1 is 0.885 bits per heavy atom. The van der Waals surface area contributed by atoms with E-state index in [0.717, 1.165) is 25.0 Å². The van der Waals surface area contributed by atoms with Crippen molar-refractivity contribution in [1.82, 2.24) is 21.3 Å². The van der Waals surface area contributed by atoms with Crippen LogP contribution in [0.3, 0.4) is 0 Å². The first-order valence-electron chi connectivity index (χ1n) is 8.56. The molecule has 0 spiro atoms. The van der Waals surface area contributed by atoms with Gasteiger partial charge >= 0.3 is 0 Å². The molecule has 0 fully saturated rings. The van der Waals surface area contributed by atoms with Crippen molar-refractivity contribution in [3.05, 3.63) is 0 Å². The smallest absolute Gasteiger partial charge is 0.230 e. The van der Waals surface area contributed by atoms with Gasteiger partial charge in [-0.2, -0.15) is 11.8 Å². The lowest BCUT2D eigenvalue weighted by atomic mass is 10.4. The monoisotopic (exact) mass is 408 g/mol. The molecule has 10 heteroatoms. The molecule has 0 aliphatic carbocycles. The van der Waals surface area contributed by atoms with E-state index in [0.29, 0.717) is 44.0 Å². The van der Waals surface area contributed by atoms with Gasteiger partial charge in [0.2, 0.25) is 18.2 Å². The summed E-state index contributed by atoms with van der Waals surface area (Å²) in [6, 6.07) is 0. The molecule has 0 aromatic carbocycles. The van der Waals surface area contributed by atoms with Crippen molar-refractivity contribution in [3.63, 3.8) is 0 Å². The molecule has 3 amide bonds. The third kappa shape index (κ3) is 25.0. The van der Waals surface area contributed by atoms with Gasteiger partial charge in [-0.05, 0) is 32.2 Å². The number of hydrogen-bond donors (Lipinski definition) is 4. The van der Waals surface area contributed by atoms with E-state index >= 15 is 0 Å². The zero-order chi connectivity index (χ0) is 19.9. The summed E-state index contributed by atoms with van der Waals surface area (Å²) < 4.78 is 0. The van der Waals surface area contributed by atoms with Gasteiger partial charge in [-0.3, -0.25) is 14.4 Å². The van der Waals surface area contributed by atoms with Crippen molar-refractivity contribution in [3.8, 4) is 0 Å². The first kappa shape index (κ1) is 27.0. The van der Waals surface area contributed by atoms with Crippen molar-refractivity contribution >= 4 is 48.0 Å². The number of thioether (sulfide) groups is 2. The van der Waals surface area contributed by atoms with Crippen LogP contribution in [0.15, 0.2) is 0 Å². The maximum Gasteiger partial charge on any atom is 0.230 e. The fraction of sp³-hybridized carbons (Fsp3) is 0.750. The highest BCUT2D eigenvalue weighted by atomic mass is 32.2. The number of carbonyl (C=O) groups is 4. The Morgan fingerprint density at radius 3 is 1.88 bits per heavy atom. The van der Waals surface area contributed by atoms with Crippen LogP contribution in [-0.2, 0) is 19.2 Å². The van der Waals surface area contributed by atoms with Crippen LogP contribution in [0.25, 0.3) is 0 Å². The van der Waals surface area contributed by atoms with Crippen LogP contribution in [0.5, 0.6) is 0 Å². The number of aldehydes is 1. The summed E-state index contributed by atoms with van der Waals surface area (Å²) in [4.78, 5) is 42.3. The number of rotatable bonds is 16. The highest BCUT2D eigenvalue weighted by Crippen LogP contribution is 1.98. The molecular weight excluding hydrogens is 376 g/mol. The number of nitrogens with one attached hydrogen (secondary N) is 4. The second-order valence-corrected chi connectivity index (χ2v) is 7.21. The second kappa shape index (κ2) is 23.7. The fourth-order valence-electron chi connectivity index (χ4n) is 1.47. The van der Waals surface area contributed by atoms with Gasteiger partial charge in [-0.25, -0.2) is 0 Å². The van der Waals surface area contributed by atoms with Crippen LogP contribution in [0.1, 0.15) is 19.8 Å². The summed E-state index contributed by atoms with van der Waals surface area (Å²) in [5.41, 5.74) is 0. The molecule has 0 aliphatic rings. The van der Waals surface area contributed by atoms with Gasteiger partial charge in [0.1, 0.15) is 6.29 Å². The van der Waals surface area contributed by atoms with Gasteiger partial charge in [0, 0.05) is 25.4 Å². The average Bonchev–Trinajstić information content (AvgIpc) is 2.64. The highest BCUT2D eigenvalue weighted by Gasteiger charge is 2.04. The van der Waals surface area contributed by atoms with Gasteiger partial charge in [0.25, 0.3) is 0 Å². The van der Waals surface area contributed by atoms with Crippen LogP contribution in [-0.4, -0.2) is 80.7 Å². The Labute approximate surface area is 164 Å². The molecule has 4 N–H and O–H groups in total. The third-order valence-electron chi connectivity index (χ3n) is 2.69. The molecule has 26 heavy (non-hydrogen) atoms. The minimum atomic E-state index is -0.0934. The Kier molecular flexibility index (Phi) is 24.6. The van der Waals surface area contributed by atoms with Crippen LogP contribution in [0.2, 0.25) is 0 Å². The zero-order valence-electron chi connectivity index (χ0n) is 15.7. The second-order valence-electron chi connectivity index (χ2n) is 4.90. The Morgan fingerprint density at radius 2 is 1.46 bits per heavy atom. The predicted octanol–water partition coefficient (Wildman–Crippen LogP) is -0.364. The molecule has 0 atom stereocenters. The summed E-state index contributed by atoms with van der Waals surface area (Å²) >= 11 is 2.93. The third-order valence-corrected chi connectivity index (χ3v) is 4.40. The number of amides is 3. The number of carbonyl (C=O) groups excluding carboxylic acids is 4. The highest BCUT2D eigenvalue weighted by molar-refractivity contribution is 8.00. The van der Waals surface area contributed by atoms with Crippen molar-refractivity contribution in [2.45, 2.75) is 19.8 Å². The molecule has 0 aromatic heterocycles. The Bertz CT molecular complexity index is 374. The molecule has 0 saturated carbocycles. The first-order chi connectivity index (χ1) is 12.6. The van der Waals surface area contributed by atoms with Gasteiger partial charge in [-0.15, -0.1) is 11.8 Å². The van der Waals surface area contributed by atoms with Crippen molar-refractivity contribution < 1.29 is 19.2 Å². The minimum absolute atomic E-state index is 0.0471. The summed E-state index contributed by atoms with van der Waals surface area (Å²) in [7, 11) is 1.87. The van der Waals surface area contributed by atoms with Crippen LogP contribution >= 0.6 is 23.5 Å².